The van der Waals surface area contributed by atoms with Gasteiger partial charge in [0.05, 0.1) is 11.4 Å². The third-order valence-electron chi connectivity index (χ3n) is 15.3. The van der Waals surface area contributed by atoms with E-state index in [2.05, 4.69) is 240 Å². The number of aromatic nitrogens is 1. The molecule has 8 aromatic carbocycles. The molecule has 0 bridgehead atoms. The summed E-state index contributed by atoms with van der Waals surface area (Å²) in [6, 6.07) is 62.9. The maximum atomic E-state index is 2.66. The van der Waals surface area contributed by atoms with Crippen molar-refractivity contribution in [1.29, 1.82) is 0 Å². The second kappa shape index (κ2) is 13.9. The molecule has 0 saturated carbocycles. The molecule has 10 aromatic rings. The molecule has 5 heteroatoms. The molecule has 0 N–H and O–H groups in total. The molecule has 1 aliphatic carbocycles. The van der Waals surface area contributed by atoms with Crippen molar-refractivity contribution in [2.24, 2.45) is 0 Å². The van der Waals surface area contributed by atoms with E-state index in [1.165, 1.54) is 109 Å². The van der Waals surface area contributed by atoms with Gasteiger partial charge in [-0.2, -0.15) is 0 Å². The molecule has 3 nitrogen and oxygen atoms in total. The maximum absolute atomic E-state index is 2.66. The topological polar surface area (TPSA) is 11.4 Å². The second-order valence-corrected chi connectivity index (χ2v) is 23.0. The molecule has 0 spiro atoms. The number of benzene rings is 8. The summed E-state index contributed by atoms with van der Waals surface area (Å²) in [4.78, 5) is 5.10. The summed E-state index contributed by atoms with van der Waals surface area (Å²) < 4.78 is 5.27. The molecule has 0 unspecified atom stereocenters. The first-order valence-electron chi connectivity index (χ1n) is 24.0. The Hall–Kier alpha value is -6.82. The lowest BCUT2D eigenvalue weighted by atomic mass is 9.33. The molecule has 0 radical (unpaired) electrons. The van der Waals surface area contributed by atoms with Crippen molar-refractivity contribution < 1.29 is 0 Å². The second-order valence-electron chi connectivity index (χ2n) is 21.9. The van der Waals surface area contributed by atoms with Gasteiger partial charge in [-0.1, -0.05) is 152 Å². The van der Waals surface area contributed by atoms with Crippen LogP contribution < -0.4 is 26.2 Å². The van der Waals surface area contributed by atoms with Gasteiger partial charge in [-0.3, -0.25) is 0 Å². The lowest BCUT2D eigenvalue weighted by molar-refractivity contribution is 0.590. The molecule has 0 fully saturated rings. The average molecular weight is 884 g/mol. The molecular formula is C62H54BN3S. The smallest absolute Gasteiger partial charge is 0.252 e. The van der Waals surface area contributed by atoms with Crippen LogP contribution in [0.5, 0.6) is 0 Å². The summed E-state index contributed by atoms with van der Waals surface area (Å²) in [5.41, 5.74) is 23.2. The fourth-order valence-electron chi connectivity index (χ4n) is 12.1. The van der Waals surface area contributed by atoms with Crippen molar-refractivity contribution in [2.75, 3.05) is 9.80 Å². The minimum absolute atomic E-state index is 0.0273. The molecule has 2 aliphatic heterocycles. The van der Waals surface area contributed by atoms with Crippen LogP contribution in [-0.2, 0) is 16.2 Å². The molecular weight excluding hydrogens is 830 g/mol. The van der Waals surface area contributed by atoms with Gasteiger partial charge in [0.1, 0.15) is 0 Å². The monoisotopic (exact) mass is 883 g/mol. The predicted molar refractivity (Wildman–Crippen MR) is 290 cm³/mol. The highest BCUT2D eigenvalue weighted by Crippen LogP contribution is 2.55. The van der Waals surface area contributed by atoms with Gasteiger partial charge in [0.2, 0.25) is 0 Å². The molecule has 0 atom stereocenters. The Bertz CT molecular complexity index is 3650. The van der Waals surface area contributed by atoms with Crippen LogP contribution in [0.4, 0.5) is 34.1 Å². The van der Waals surface area contributed by atoms with Crippen molar-refractivity contribution in [3.05, 3.63) is 192 Å². The Morgan fingerprint density at radius 2 is 1.15 bits per heavy atom. The summed E-state index contributed by atoms with van der Waals surface area (Å²) in [7, 11) is 0. The van der Waals surface area contributed by atoms with Gasteiger partial charge in [-0.25, -0.2) is 0 Å². The molecule has 2 aromatic heterocycles. The number of aryl methyl sites for hydroxylation is 1. The summed E-state index contributed by atoms with van der Waals surface area (Å²) in [6.07, 6.45) is 0. The Labute approximate surface area is 399 Å². The normalized spacial score (nSPS) is 14.4. The van der Waals surface area contributed by atoms with Gasteiger partial charge < -0.3 is 14.4 Å². The first-order valence-corrected chi connectivity index (χ1v) is 24.8. The predicted octanol–water partition coefficient (Wildman–Crippen LogP) is 15.3. The van der Waals surface area contributed by atoms with E-state index in [1.54, 1.807) is 0 Å². The first-order chi connectivity index (χ1) is 32.2. The van der Waals surface area contributed by atoms with Crippen molar-refractivity contribution in [2.45, 2.75) is 78.6 Å². The summed E-state index contributed by atoms with van der Waals surface area (Å²) in [6.45, 7) is 20.9. The van der Waals surface area contributed by atoms with Crippen LogP contribution in [0.2, 0.25) is 0 Å². The molecule has 13 rings (SSSR count). The van der Waals surface area contributed by atoms with E-state index in [1.807, 2.05) is 11.3 Å². The average Bonchev–Trinajstić information content (AvgIpc) is 3.95. The Balaban J connectivity index is 1.12. The zero-order valence-corrected chi connectivity index (χ0v) is 40.7. The first kappa shape index (κ1) is 40.5. The van der Waals surface area contributed by atoms with Gasteiger partial charge in [0.15, 0.2) is 0 Å². The van der Waals surface area contributed by atoms with E-state index in [4.69, 9.17) is 0 Å². The van der Waals surface area contributed by atoms with Gasteiger partial charge in [-0.15, -0.1) is 11.3 Å². The van der Waals surface area contributed by atoms with Gasteiger partial charge in [-0.05, 0) is 129 Å². The largest absolute Gasteiger partial charge is 0.311 e. The zero-order valence-electron chi connectivity index (χ0n) is 39.9. The third-order valence-corrected chi connectivity index (χ3v) is 16.4. The van der Waals surface area contributed by atoms with Gasteiger partial charge >= 0.3 is 0 Å². The number of para-hydroxylation sites is 1. The van der Waals surface area contributed by atoms with E-state index >= 15 is 0 Å². The minimum atomic E-state index is -0.144. The molecule has 0 saturated heterocycles. The number of fused-ring (bicyclic) bond motifs is 12. The van der Waals surface area contributed by atoms with Crippen molar-refractivity contribution in [3.8, 4) is 16.9 Å². The number of hydrogen-bond acceptors (Lipinski definition) is 3. The quantitative estimate of drug-likeness (QED) is 0.163. The summed E-state index contributed by atoms with van der Waals surface area (Å²) in [5, 5.41) is 3.96. The zero-order chi connectivity index (χ0) is 45.9. The van der Waals surface area contributed by atoms with Crippen LogP contribution >= 0.6 is 11.3 Å². The van der Waals surface area contributed by atoms with E-state index < -0.39 is 0 Å². The summed E-state index contributed by atoms with van der Waals surface area (Å²) >= 11 is 1.89. The Kier molecular flexibility index (Phi) is 8.38. The van der Waals surface area contributed by atoms with E-state index in [0.29, 0.717) is 0 Å². The minimum Gasteiger partial charge on any atom is -0.311 e. The van der Waals surface area contributed by atoms with Crippen LogP contribution in [0, 0.1) is 6.92 Å². The van der Waals surface area contributed by atoms with Gasteiger partial charge in [0.25, 0.3) is 6.71 Å². The highest BCUT2D eigenvalue weighted by atomic mass is 32.1. The van der Waals surface area contributed by atoms with Crippen LogP contribution in [0.1, 0.15) is 83.2 Å². The third kappa shape index (κ3) is 5.71. The van der Waals surface area contributed by atoms with Crippen LogP contribution in [0.25, 0.3) is 48.0 Å². The fourth-order valence-corrected chi connectivity index (χ4v) is 13.2. The fraction of sp³-hybridized carbons (Fsp3) is 0.194. The molecule has 67 heavy (non-hydrogen) atoms. The number of nitrogens with zero attached hydrogens (tertiary/aromatic N) is 3. The van der Waals surface area contributed by atoms with Crippen molar-refractivity contribution in [3.63, 3.8) is 0 Å². The van der Waals surface area contributed by atoms with Crippen LogP contribution in [0.3, 0.4) is 0 Å². The Morgan fingerprint density at radius 3 is 1.87 bits per heavy atom. The van der Waals surface area contributed by atoms with Crippen molar-refractivity contribution >= 4 is 99.6 Å². The lowest BCUT2D eigenvalue weighted by Crippen LogP contribution is -2.60. The maximum Gasteiger partial charge on any atom is 0.252 e. The molecule has 3 aliphatic rings. The Morgan fingerprint density at radius 1 is 0.537 bits per heavy atom. The SMILES string of the molecule is Cc1cc2c3c(c1)-n1c4c(c5cccc(c51)B3c1ccc(N(c3ccc(C(C)(C)C)cc3)c3ccc(C(C)(C)C)cc3)cc1N2c1cccc2sc3ccccc3c12)C(C)(C)c1ccccc1-4. The highest BCUT2D eigenvalue weighted by molar-refractivity contribution is 7.26. The number of anilines is 6. The highest BCUT2D eigenvalue weighted by Gasteiger charge is 2.47. The molecule has 4 heterocycles. The number of rotatable bonds is 4. The van der Waals surface area contributed by atoms with Crippen LogP contribution in [0.15, 0.2) is 164 Å². The number of hydrogen-bond donors (Lipinski definition) is 0. The molecule has 326 valence electrons. The summed E-state index contributed by atoms with van der Waals surface area (Å²) in [5.74, 6) is 0. The lowest BCUT2D eigenvalue weighted by Gasteiger charge is -2.41. The standard InChI is InChI=1S/C62H54BN3S/c1-37-34-51-57-52(35-37)66-58-45(56-59(66)43-16-10-12-19-46(43)62(56,8)9)18-14-20-48(58)63(57)47-33-32-42(36-50(47)65(51)49-21-15-23-54-55(49)44-17-11-13-22-53(44)67-54)64(40-28-24-38(25-29-40)60(2,3)4)41-30-26-39(27-31-41)61(5,6)7/h10-36H,1-9H3. The van der Waals surface area contributed by atoms with Crippen molar-refractivity contribution in [1.82, 2.24) is 4.57 Å². The van der Waals surface area contributed by atoms with E-state index in [9.17, 15) is 0 Å². The molecule has 0 amide bonds. The van der Waals surface area contributed by atoms with Crippen LogP contribution in [-0.4, -0.2) is 11.3 Å². The van der Waals surface area contributed by atoms with E-state index in [0.717, 1.165) is 17.1 Å². The van der Waals surface area contributed by atoms with Gasteiger partial charge in [0, 0.05) is 76.2 Å². The van der Waals surface area contributed by atoms with E-state index in [-0.39, 0.29) is 23.0 Å². The number of thiophene rings is 1.